The van der Waals surface area contributed by atoms with E-state index in [1.165, 1.54) is 6.26 Å². The zero-order valence-corrected chi connectivity index (χ0v) is 17.4. The fourth-order valence-electron chi connectivity index (χ4n) is 3.70. The minimum Gasteiger partial charge on any atom is -0.380 e. The third kappa shape index (κ3) is 3.91. The van der Waals surface area contributed by atoms with Crippen molar-refractivity contribution in [3.8, 4) is 0 Å². The Balaban J connectivity index is 2.33. The molecule has 0 aliphatic heterocycles. The first-order valence-electron chi connectivity index (χ1n) is 9.47. The molecule has 0 saturated heterocycles. The largest absolute Gasteiger partial charge is 0.380 e. The standard InChI is InChI=1S/C23H27NO3S/c1-4-14-27-17-23(20-12-13-24-16-20,19-8-6-5-7-9-19)22-15-21(28(3,25)26)11-10-18(22)2/h5-13,15-16,24H,4,14,17H2,1-3H3. The normalized spacial score (nSPS) is 14.0. The molecule has 2 aromatic carbocycles. The van der Waals surface area contributed by atoms with E-state index in [-0.39, 0.29) is 0 Å². The molecular formula is C23H27NO3S. The van der Waals surface area contributed by atoms with Crippen LogP contribution in [0.1, 0.15) is 35.6 Å². The Labute approximate surface area is 167 Å². The number of aryl methyl sites for hydroxylation is 1. The SMILES string of the molecule is CCCOCC(c1ccccc1)(c1cc[nH]c1)c1cc(S(C)(=O)=O)ccc1C. The zero-order valence-electron chi connectivity index (χ0n) is 16.6. The molecule has 0 amide bonds. The summed E-state index contributed by atoms with van der Waals surface area (Å²) in [6, 6.07) is 17.6. The van der Waals surface area contributed by atoms with Gasteiger partial charge in [-0.3, -0.25) is 0 Å². The minimum atomic E-state index is -3.33. The Morgan fingerprint density at radius 3 is 2.39 bits per heavy atom. The van der Waals surface area contributed by atoms with Gasteiger partial charge < -0.3 is 9.72 Å². The minimum absolute atomic E-state index is 0.319. The summed E-state index contributed by atoms with van der Waals surface area (Å²) in [6.45, 7) is 5.17. The molecular weight excluding hydrogens is 370 g/mol. The Morgan fingerprint density at radius 2 is 1.79 bits per heavy atom. The Morgan fingerprint density at radius 1 is 1.04 bits per heavy atom. The molecule has 1 atom stereocenters. The van der Waals surface area contributed by atoms with Crippen LogP contribution in [-0.2, 0) is 20.0 Å². The summed E-state index contributed by atoms with van der Waals surface area (Å²) < 4.78 is 30.6. The van der Waals surface area contributed by atoms with E-state index in [1.807, 2.05) is 49.6 Å². The number of nitrogens with one attached hydrogen (secondary N) is 1. The molecule has 1 N–H and O–H groups in total. The van der Waals surface area contributed by atoms with Crippen LogP contribution < -0.4 is 0 Å². The zero-order chi connectivity index (χ0) is 20.2. The van der Waals surface area contributed by atoms with Gasteiger partial charge in [0.25, 0.3) is 0 Å². The highest BCUT2D eigenvalue weighted by Crippen LogP contribution is 2.41. The summed E-state index contributed by atoms with van der Waals surface area (Å²) in [5, 5.41) is 0. The summed E-state index contributed by atoms with van der Waals surface area (Å²) in [4.78, 5) is 3.47. The van der Waals surface area contributed by atoms with E-state index in [0.717, 1.165) is 28.7 Å². The third-order valence-corrected chi connectivity index (χ3v) is 6.23. The van der Waals surface area contributed by atoms with Crippen molar-refractivity contribution in [1.29, 1.82) is 0 Å². The molecule has 1 unspecified atom stereocenters. The van der Waals surface area contributed by atoms with E-state index in [9.17, 15) is 8.42 Å². The Hall–Kier alpha value is -2.37. The van der Waals surface area contributed by atoms with E-state index in [4.69, 9.17) is 4.74 Å². The highest BCUT2D eigenvalue weighted by molar-refractivity contribution is 7.90. The molecule has 0 radical (unpaired) electrons. The van der Waals surface area contributed by atoms with Gasteiger partial charge in [0.05, 0.1) is 16.9 Å². The average Bonchev–Trinajstić information content (AvgIpc) is 3.21. The van der Waals surface area contributed by atoms with Gasteiger partial charge in [-0.25, -0.2) is 8.42 Å². The van der Waals surface area contributed by atoms with Crippen molar-refractivity contribution in [3.63, 3.8) is 0 Å². The second kappa shape index (κ2) is 8.33. The molecule has 1 aromatic heterocycles. The molecule has 1 heterocycles. The predicted octanol–water partition coefficient (Wildman–Crippen LogP) is 4.49. The number of hydrogen-bond donors (Lipinski definition) is 1. The molecule has 0 bridgehead atoms. The fourth-order valence-corrected chi connectivity index (χ4v) is 4.34. The average molecular weight is 398 g/mol. The number of sulfone groups is 1. The Kier molecular flexibility index (Phi) is 6.06. The van der Waals surface area contributed by atoms with Gasteiger partial charge in [0.15, 0.2) is 9.84 Å². The van der Waals surface area contributed by atoms with Gasteiger partial charge in [-0.05, 0) is 53.8 Å². The van der Waals surface area contributed by atoms with Gasteiger partial charge >= 0.3 is 0 Å². The van der Waals surface area contributed by atoms with Crippen molar-refractivity contribution in [1.82, 2.24) is 4.98 Å². The van der Waals surface area contributed by atoms with Gasteiger partial charge in [0, 0.05) is 25.3 Å². The summed E-state index contributed by atoms with van der Waals surface area (Å²) in [5.41, 5.74) is 3.47. The Bertz CT molecular complexity index is 1010. The lowest BCUT2D eigenvalue weighted by atomic mass is 9.69. The van der Waals surface area contributed by atoms with Gasteiger partial charge in [0.1, 0.15) is 0 Å². The number of ether oxygens (including phenoxy) is 1. The number of benzene rings is 2. The van der Waals surface area contributed by atoms with E-state index >= 15 is 0 Å². The van der Waals surface area contributed by atoms with Crippen LogP contribution in [0.3, 0.4) is 0 Å². The quantitative estimate of drug-likeness (QED) is 0.570. The van der Waals surface area contributed by atoms with Crippen molar-refractivity contribution < 1.29 is 13.2 Å². The molecule has 0 aliphatic rings. The lowest BCUT2D eigenvalue weighted by molar-refractivity contribution is 0.108. The van der Waals surface area contributed by atoms with Crippen molar-refractivity contribution in [2.24, 2.45) is 0 Å². The number of H-pyrrole nitrogens is 1. The first kappa shape index (κ1) is 20.4. The van der Waals surface area contributed by atoms with Crippen LogP contribution in [0, 0.1) is 6.92 Å². The molecule has 148 valence electrons. The maximum absolute atomic E-state index is 12.3. The molecule has 0 spiro atoms. The highest BCUT2D eigenvalue weighted by atomic mass is 32.2. The first-order chi connectivity index (χ1) is 13.4. The van der Waals surface area contributed by atoms with Crippen molar-refractivity contribution in [3.05, 3.63) is 89.2 Å². The number of aromatic nitrogens is 1. The van der Waals surface area contributed by atoms with E-state index in [2.05, 4.69) is 24.0 Å². The van der Waals surface area contributed by atoms with Crippen molar-refractivity contribution in [2.75, 3.05) is 19.5 Å². The van der Waals surface area contributed by atoms with Crippen molar-refractivity contribution >= 4 is 9.84 Å². The monoisotopic (exact) mass is 397 g/mol. The summed E-state index contributed by atoms with van der Waals surface area (Å²) in [5.74, 6) is 0. The summed E-state index contributed by atoms with van der Waals surface area (Å²) in [7, 11) is -3.33. The van der Waals surface area contributed by atoms with Crippen molar-refractivity contribution in [2.45, 2.75) is 30.6 Å². The van der Waals surface area contributed by atoms with Gasteiger partial charge in [-0.1, -0.05) is 43.3 Å². The predicted molar refractivity (Wildman–Crippen MR) is 113 cm³/mol. The molecule has 3 rings (SSSR count). The molecule has 28 heavy (non-hydrogen) atoms. The van der Waals surface area contributed by atoms with E-state index < -0.39 is 15.3 Å². The van der Waals surface area contributed by atoms with Gasteiger partial charge in [0.2, 0.25) is 0 Å². The number of rotatable bonds is 8. The summed E-state index contributed by atoms with van der Waals surface area (Å²) in [6.07, 6.45) is 6.02. The van der Waals surface area contributed by atoms with Gasteiger partial charge in [-0.15, -0.1) is 0 Å². The smallest absolute Gasteiger partial charge is 0.175 e. The first-order valence-corrected chi connectivity index (χ1v) is 11.4. The molecule has 0 saturated carbocycles. The van der Waals surface area contributed by atoms with E-state index in [0.29, 0.717) is 18.1 Å². The van der Waals surface area contributed by atoms with Gasteiger partial charge in [-0.2, -0.15) is 0 Å². The molecule has 0 fully saturated rings. The maximum Gasteiger partial charge on any atom is 0.175 e. The number of hydrogen-bond acceptors (Lipinski definition) is 3. The van der Waals surface area contributed by atoms with Crippen LogP contribution in [0.15, 0.2) is 71.9 Å². The van der Waals surface area contributed by atoms with Crippen LogP contribution in [0.4, 0.5) is 0 Å². The molecule has 3 aromatic rings. The second-order valence-corrected chi connectivity index (χ2v) is 9.19. The molecule has 0 aliphatic carbocycles. The van der Waals surface area contributed by atoms with Crippen LogP contribution in [-0.4, -0.2) is 32.9 Å². The lowest BCUT2D eigenvalue weighted by Crippen LogP contribution is -2.35. The maximum atomic E-state index is 12.3. The van der Waals surface area contributed by atoms with Crippen LogP contribution in [0.25, 0.3) is 0 Å². The lowest BCUT2D eigenvalue weighted by Gasteiger charge is -2.36. The van der Waals surface area contributed by atoms with Crippen LogP contribution in [0.2, 0.25) is 0 Å². The van der Waals surface area contributed by atoms with Crippen LogP contribution in [0.5, 0.6) is 0 Å². The third-order valence-electron chi connectivity index (χ3n) is 5.12. The topological polar surface area (TPSA) is 59.2 Å². The number of aromatic amines is 1. The van der Waals surface area contributed by atoms with Crippen LogP contribution >= 0.6 is 0 Å². The molecule has 4 nitrogen and oxygen atoms in total. The summed E-state index contributed by atoms with van der Waals surface area (Å²) >= 11 is 0. The highest BCUT2D eigenvalue weighted by Gasteiger charge is 2.39. The van der Waals surface area contributed by atoms with E-state index in [1.54, 1.807) is 12.1 Å². The second-order valence-electron chi connectivity index (χ2n) is 7.17. The molecule has 5 heteroatoms. The fraction of sp³-hybridized carbons (Fsp3) is 0.304.